The lowest BCUT2D eigenvalue weighted by Crippen LogP contribution is -2.42. The first-order valence-electron chi connectivity index (χ1n) is 12.3. The zero-order chi connectivity index (χ0) is 26.7. The summed E-state index contributed by atoms with van der Waals surface area (Å²) in [4.78, 5) is 17.2. The molecule has 2 aromatic carbocycles. The number of thiazole rings is 1. The quantitative estimate of drug-likeness (QED) is 0.0992. The lowest BCUT2D eigenvalue weighted by atomic mass is 10.1. The molecule has 0 radical (unpaired) electrons. The van der Waals surface area contributed by atoms with Crippen LogP contribution in [0.2, 0.25) is 0 Å². The Labute approximate surface area is 227 Å². The Bertz CT molecular complexity index is 1270. The number of benzene rings is 2. The minimum Gasteiger partial charge on any atom is -0.490 e. The van der Waals surface area contributed by atoms with Gasteiger partial charge in [0.1, 0.15) is 18.4 Å². The number of carbonyl (C=O) groups is 1. The van der Waals surface area contributed by atoms with Gasteiger partial charge in [0.15, 0.2) is 4.34 Å². The zero-order valence-corrected chi connectivity index (χ0v) is 23.7. The molecule has 7 nitrogen and oxygen atoms in total. The molecule has 3 aromatic rings. The van der Waals surface area contributed by atoms with Crippen molar-refractivity contribution in [3.05, 3.63) is 60.7 Å². The zero-order valence-electron chi connectivity index (χ0n) is 21.3. The molecule has 0 fully saturated rings. The van der Waals surface area contributed by atoms with Crippen LogP contribution in [0, 0.1) is 0 Å². The van der Waals surface area contributed by atoms with Crippen LogP contribution in [0.25, 0.3) is 10.2 Å². The van der Waals surface area contributed by atoms with Crippen LogP contribution in [0.5, 0.6) is 5.75 Å². The van der Waals surface area contributed by atoms with Crippen LogP contribution in [0.4, 0.5) is 0 Å². The number of hydrogen-bond acceptors (Lipinski definition) is 8. The predicted molar refractivity (Wildman–Crippen MR) is 151 cm³/mol. The van der Waals surface area contributed by atoms with Gasteiger partial charge >= 0.3 is 5.97 Å². The van der Waals surface area contributed by atoms with E-state index in [-0.39, 0.29) is 11.3 Å². The van der Waals surface area contributed by atoms with Gasteiger partial charge in [0, 0.05) is 5.75 Å². The number of ether oxygens (including phenoxy) is 2. The molecule has 0 aliphatic heterocycles. The molecule has 0 saturated carbocycles. The van der Waals surface area contributed by atoms with Crippen molar-refractivity contribution < 1.29 is 22.7 Å². The van der Waals surface area contributed by atoms with Gasteiger partial charge in [-0.15, -0.1) is 11.3 Å². The number of sulfonamides is 1. The standard InChI is InChI=1S/C27H34N2O5S3/c1-4-6-7-8-9-17-35-27-28-23-15-14-22(19-25(23)36-27)37(31,32)29-24(26(30)33-3)18-20-10-12-21(13-11-20)34-16-5-2/h5,10-15,19,24,29H,2,4,6-9,16-18H2,1,3H3/t24-/m1/s1. The summed E-state index contributed by atoms with van der Waals surface area (Å²) in [6.07, 6.45) is 7.89. The molecule has 0 saturated heterocycles. The second kappa shape index (κ2) is 14.5. The molecule has 0 amide bonds. The van der Waals surface area contributed by atoms with Crippen LogP contribution in [-0.2, 0) is 26.0 Å². The van der Waals surface area contributed by atoms with Gasteiger partial charge in [-0.05, 0) is 48.7 Å². The van der Waals surface area contributed by atoms with E-state index >= 15 is 0 Å². The predicted octanol–water partition coefficient (Wildman–Crippen LogP) is 5.99. The highest BCUT2D eigenvalue weighted by molar-refractivity contribution is 8.01. The third-order valence-electron chi connectivity index (χ3n) is 5.64. The number of thioether (sulfide) groups is 1. The van der Waals surface area contributed by atoms with Crippen molar-refractivity contribution in [2.75, 3.05) is 19.5 Å². The maximum atomic E-state index is 13.2. The smallest absolute Gasteiger partial charge is 0.324 e. The Morgan fingerprint density at radius 2 is 1.92 bits per heavy atom. The summed E-state index contributed by atoms with van der Waals surface area (Å²) in [7, 11) is -2.74. The molecular weight excluding hydrogens is 529 g/mol. The molecule has 1 heterocycles. The number of methoxy groups -OCH3 is 1. The number of nitrogens with one attached hydrogen (secondary N) is 1. The second-order valence-electron chi connectivity index (χ2n) is 8.52. The highest BCUT2D eigenvalue weighted by Crippen LogP contribution is 2.31. The topological polar surface area (TPSA) is 94.6 Å². The summed E-state index contributed by atoms with van der Waals surface area (Å²) in [5.74, 6) is 0.996. The second-order valence-corrected chi connectivity index (χ2v) is 12.6. The van der Waals surface area contributed by atoms with E-state index < -0.39 is 22.0 Å². The molecule has 1 atom stereocenters. The summed E-state index contributed by atoms with van der Waals surface area (Å²) in [6, 6.07) is 10.9. The molecule has 0 unspecified atom stereocenters. The van der Waals surface area contributed by atoms with Crippen molar-refractivity contribution in [3.63, 3.8) is 0 Å². The summed E-state index contributed by atoms with van der Waals surface area (Å²) in [5.41, 5.74) is 1.53. The number of nitrogens with zero attached hydrogens (tertiary/aromatic N) is 1. The number of carbonyl (C=O) groups excluding carboxylic acids is 1. The minimum atomic E-state index is -3.98. The molecule has 200 valence electrons. The van der Waals surface area contributed by atoms with Gasteiger partial charge in [-0.1, -0.05) is 69.2 Å². The molecule has 1 N–H and O–H groups in total. The van der Waals surface area contributed by atoms with Crippen LogP contribution in [-0.4, -0.2) is 44.9 Å². The van der Waals surface area contributed by atoms with Crippen LogP contribution in [0.3, 0.4) is 0 Å². The normalized spacial score (nSPS) is 12.4. The molecular formula is C27H34N2O5S3. The summed E-state index contributed by atoms with van der Waals surface area (Å²) >= 11 is 3.19. The average molecular weight is 563 g/mol. The SMILES string of the molecule is C=CCOc1ccc(C[C@@H](NS(=O)(=O)c2ccc3nc(SCCCCCCC)sc3c2)C(=O)OC)cc1. The Balaban J connectivity index is 1.68. The largest absolute Gasteiger partial charge is 0.490 e. The molecule has 10 heteroatoms. The van der Waals surface area contributed by atoms with Crippen molar-refractivity contribution in [2.24, 2.45) is 0 Å². The van der Waals surface area contributed by atoms with E-state index in [0.717, 1.165) is 32.3 Å². The fourth-order valence-electron chi connectivity index (χ4n) is 3.66. The van der Waals surface area contributed by atoms with Crippen LogP contribution < -0.4 is 9.46 Å². The van der Waals surface area contributed by atoms with Crippen molar-refractivity contribution in [3.8, 4) is 5.75 Å². The molecule has 0 bridgehead atoms. The highest BCUT2D eigenvalue weighted by Gasteiger charge is 2.27. The fraction of sp³-hybridized carbons (Fsp3) is 0.407. The van der Waals surface area contributed by atoms with Gasteiger partial charge in [-0.25, -0.2) is 13.4 Å². The number of hydrogen-bond donors (Lipinski definition) is 1. The molecule has 37 heavy (non-hydrogen) atoms. The number of rotatable bonds is 16. The number of unbranched alkanes of at least 4 members (excludes halogenated alkanes) is 4. The van der Waals surface area contributed by atoms with Crippen molar-refractivity contribution >= 4 is 49.3 Å². The summed E-state index contributed by atoms with van der Waals surface area (Å²) < 4.78 is 41.0. The van der Waals surface area contributed by atoms with Crippen molar-refractivity contribution in [1.29, 1.82) is 0 Å². The van der Waals surface area contributed by atoms with Gasteiger partial charge < -0.3 is 9.47 Å². The average Bonchev–Trinajstić information content (AvgIpc) is 3.31. The van der Waals surface area contributed by atoms with Crippen LogP contribution in [0.15, 0.2) is 64.4 Å². The van der Waals surface area contributed by atoms with Crippen molar-refractivity contribution in [1.82, 2.24) is 9.71 Å². The molecule has 3 rings (SSSR count). The molecule has 0 aliphatic carbocycles. The van der Waals surface area contributed by atoms with E-state index in [1.54, 1.807) is 54.2 Å². The Morgan fingerprint density at radius 1 is 1.16 bits per heavy atom. The first-order chi connectivity index (χ1) is 17.9. The number of aromatic nitrogens is 1. The van der Waals surface area contributed by atoms with Crippen LogP contribution in [0.1, 0.15) is 44.6 Å². The highest BCUT2D eigenvalue weighted by atomic mass is 32.2. The molecule has 0 aliphatic rings. The first kappa shape index (κ1) is 29.2. The van der Waals surface area contributed by atoms with E-state index in [0.29, 0.717) is 12.4 Å². The third kappa shape index (κ3) is 8.84. The van der Waals surface area contributed by atoms with Crippen LogP contribution >= 0.6 is 23.1 Å². The van der Waals surface area contributed by atoms with E-state index in [4.69, 9.17) is 9.47 Å². The summed E-state index contributed by atoms with van der Waals surface area (Å²) in [6.45, 7) is 6.20. The minimum absolute atomic E-state index is 0.0850. The monoisotopic (exact) mass is 562 g/mol. The molecule has 1 aromatic heterocycles. The van der Waals surface area contributed by atoms with Gasteiger partial charge in [0.2, 0.25) is 10.0 Å². The Kier molecular flexibility index (Phi) is 11.4. The van der Waals surface area contributed by atoms with E-state index in [2.05, 4.69) is 23.2 Å². The van der Waals surface area contributed by atoms with Gasteiger partial charge in [0.25, 0.3) is 0 Å². The lowest BCUT2D eigenvalue weighted by molar-refractivity contribution is -0.142. The van der Waals surface area contributed by atoms with E-state index in [9.17, 15) is 13.2 Å². The fourth-order valence-corrected chi connectivity index (χ4v) is 7.12. The van der Waals surface area contributed by atoms with E-state index in [1.807, 2.05) is 0 Å². The lowest BCUT2D eigenvalue weighted by Gasteiger charge is -2.17. The van der Waals surface area contributed by atoms with Gasteiger partial charge in [-0.2, -0.15) is 4.72 Å². The van der Waals surface area contributed by atoms with Crippen molar-refractivity contribution in [2.45, 2.75) is 60.7 Å². The number of esters is 1. The number of fused-ring (bicyclic) bond motifs is 1. The maximum Gasteiger partial charge on any atom is 0.324 e. The molecule has 0 spiro atoms. The van der Waals surface area contributed by atoms with Gasteiger partial charge in [0.05, 0.1) is 22.2 Å². The Morgan fingerprint density at radius 3 is 2.62 bits per heavy atom. The third-order valence-corrected chi connectivity index (χ3v) is 9.35. The Hall–Kier alpha value is -2.40. The van der Waals surface area contributed by atoms with E-state index in [1.165, 1.54) is 50.2 Å². The maximum absolute atomic E-state index is 13.2. The van der Waals surface area contributed by atoms with Gasteiger partial charge in [-0.3, -0.25) is 4.79 Å². The summed E-state index contributed by atoms with van der Waals surface area (Å²) in [5, 5.41) is 0. The first-order valence-corrected chi connectivity index (χ1v) is 15.6.